The first-order chi connectivity index (χ1) is 14.0. The predicted octanol–water partition coefficient (Wildman–Crippen LogP) is 1.31. The van der Waals surface area contributed by atoms with Gasteiger partial charge in [-0.05, 0) is 6.07 Å². The monoisotopic (exact) mass is 502 g/mol. The number of aromatic nitrogens is 2. The summed E-state index contributed by atoms with van der Waals surface area (Å²) in [7, 11) is -4.93. The van der Waals surface area contributed by atoms with Gasteiger partial charge in [-0.15, -0.1) is 0 Å². The molecule has 1 aliphatic rings. The van der Waals surface area contributed by atoms with Crippen LogP contribution in [0.5, 0.6) is 5.75 Å². The number of aromatic amines is 1. The molecule has 4 N–H and O–H groups in total. The number of hydrogen-bond donors (Lipinski definition) is 4. The molecule has 15 heteroatoms. The smallest absolute Gasteiger partial charge is 0.402 e. The molecule has 1 aliphatic heterocycles. The molecule has 30 heavy (non-hydrogen) atoms. The lowest BCUT2D eigenvalue weighted by Gasteiger charge is -2.22. The Morgan fingerprint density at radius 2 is 1.87 bits per heavy atom. The Morgan fingerprint density at radius 1 is 1.20 bits per heavy atom. The quantitative estimate of drug-likeness (QED) is 0.336. The molecule has 5 atom stereocenters. The molecule has 0 radical (unpaired) electrons. The SMILES string of the molecule is O=c1ccn([C@@H]2O[C@H](CO)[C@@H](OP(=O)(O)Oc3cc(Cl)c(Cl)cc3Cl)[C@H]2O)c(=O)[nH]1. The van der Waals surface area contributed by atoms with Crippen LogP contribution in [0.25, 0.3) is 0 Å². The number of aliphatic hydroxyl groups excluding tert-OH is 2. The van der Waals surface area contributed by atoms with E-state index in [4.69, 9.17) is 48.6 Å². The third kappa shape index (κ3) is 4.91. The minimum atomic E-state index is -4.93. The first-order valence-electron chi connectivity index (χ1n) is 8.13. The molecule has 0 bridgehead atoms. The van der Waals surface area contributed by atoms with Gasteiger partial charge in [-0.2, -0.15) is 0 Å². The molecular formula is C15H14Cl3N2O9P. The number of hydrogen-bond acceptors (Lipinski definition) is 8. The number of H-pyrrole nitrogens is 1. The Kier molecular flexibility index (Phi) is 6.97. The zero-order valence-corrected chi connectivity index (χ0v) is 17.8. The Morgan fingerprint density at radius 3 is 2.50 bits per heavy atom. The second-order valence-electron chi connectivity index (χ2n) is 6.08. The summed E-state index contributed by atoms with van der Waals surface area (Å²) < 4.78 is 28.5. The van der Waals surface area contributed by atoms with Gasteiger partial charge in [0, 0.05) is 18.3 Å². The molecule has 1 unspecified atom stereocenters. The topological polar surface area (TPSA) is 160 Å². The maximum atomic E-state index is 12.5. The summed E-state index contributed by atoms with van der Waals surface area (Å²) in [6.07, 6.45) is -4.96. The van der Waals surface area contributed by atoms with Crippen molar-refractivity contribution < 1.29 is 33.5 Å². The van der Waals surface area contributed by atoms with E-state index in [1.165, 1.54) is 6.07 Å². The van der Waals surface area contributed by atoms with Gasteiger partial charge >= 0.3 is 13.5 Å². The third-order valence-corrected chi connectivity index (χ3v) is 6.01. The van der Waals surface area contributed by atoms with E-state index in [1.807, 2.05) is 4.98 Å². The lowest BCUT2D eigenvalue weighted by molar-refractivity contribution is -0.0548. The van der Waals surface area contributed by atoms with Crippen molar-refractivity contribution in [3.8, 4) is 5.75 Å². The van der Waals surface area contributed by atoms with Crippen LogP contribution in [0.4, 0.5) is 0 Å². The molecule has 2 aromatic rings. The van der Waals surface area contributed by atoms with Crippen LogP contribution < -0.4 is 15.8 Å². The molecule has 0 spiro atoms. The minimum Gasteiger partial charge on any atom is -0.402 e. The molecule has 2 heterocycles. The standard InChI is InChI=1S/C15H14Cl3N2O9P/c16-6-3-8(18)9(4-7(6)17)28-30(25,26)29-13-10(5-21)27-14(12(13)23)20-2-1-11(22)19-15(20)24/h1-4,10,12-14,21,23H,5H2,(H,25,26)(H,19,22,24)/t10-,12-,13-,14-/m1/s1. The van der Waals surface area contributed by atoms with Crippen molar-refractivity contribution in [2.75, 3.05) is 6.61 Å². The van der Waals surface area contributed by atoms with E-state index in [0.29, 0.717) is 0 Å². The van der Waals surface area contributed by atoms with E-state index in [9.17, 15) is 29.3 Å². The molecule has 3 rings (SSSR count). The summed E-state index contributed by atoms with van der Waals surface area (Å²) in [5, 5.41) is 19.9. The molecule has 0 saturated carbocycles. The van der Waals surface area contributed by atoms with Gasteiger partial charge in [-0.25, -0.2) is 9.36 Å². The van der Waals surface area contributed by atoms with E-state index < -0.39 is 50.2 Å². The first-order valence-corrected chi connectivity index (χ1v) is 10.8. The Labute approximate surface area is 182 Å². The van der Waals surface area contributed by atoms with E-state index in [-0.39, 0.29) is 20.8 Å². The summed E-state index contributed by atoms with van der Waals surface area (Å²) in [6, 6.07) is 3.28. The average Bonchev–Trinajstić information content (AvgIpc) is 2.95. The van der Waals surface area contributed by atoms with Gasteiger partial charge in [-0.3, -0.25) is 23.8 Å². The molecule has 0 aliphatic carbocycles. The van der Waals surface area contributed by atoms with Gasteiger partial charge in [-0.1, -0.05) is 34.8 Å². The van der Waals surface area contributed by atoms with Gasteiger partial charge in [0.25, 0.3) is 5.56 Å². The number of aliphatic hydroxyl groups is 2. The van der Waals surface area contributed by atoms with Gasteiger partial charge in [0.15, 0.2) is 12.0 Å². The normalized spacial score (nSPS) is 25.8. The van der Waals surface area contributed by atoms with E-state index in [1.54, 1.807) is 0 Å². The van der Waals surface area contributed by atoms with Crippen molar-refractivity contribution in [3.63, 3.8) is 0 Å². The van der Waals surface area contributed by atoms with Crippen LogP contribution in [0.3, 0.4) is 0 Å². The van der Waals surface area contributed by atoms with Crippen LogP contribution in [0.2, 0.25) is 15.1 Å². The Hall–Kier alpha value is -1.40. The number of phosphoric acid groups is 1. The molecule has 1 aromatic heterocycles. The summed E-state index contributed by atoms with van der Waals surface area (Å²) in [5.74, 6) is -0.320. The maximum Gasteiger partial charge on any atom is 0.527 e. The number of rotatable bonds is 6. The van der Waals surface area contributed by atoms with Crippen molar-refractivity contribution in [3.05, 3.63) is 60.3 Å². The van der Waals surface area contributed by atoms with E-state index in [0.717, 1.165) is 22.9 Å². The van der Waals surface area contributed by atoms with E-state index >= 15 is 0 Å². The summed E-state index contributed by atoms with van der Waals surface area (Å²) in [5.41, 5.74) is -1.59. The van der Waals surface area contributed by atoms with Gasteiger partial charge in [0.05, 0.1) is 21.7 Å². The van der Waals surface area contributed by atoms with Crippen molar-refractivity contribution in [1.82, 2.24) is 9.55 Å². The number of nitrogens with zero attached hydrogens (tertiary/aromatic N) is 1. The second-order valence-corrected chi connectivity index (χ2v) is 8.63. The first kappa shape index (κ1) is 23.3. The van der Waals surface area contributed by atoms with Crippen LogP contribution in [-0.2, 0) is 13.8 Å². The molecule has 1 fully saturated rings. The zero-order chi connectivity index (χ0) is 22.2. The lowest BCUT2D eigenvalue weighted by atomic mass is 10.1. The van der Waals surface area contributed by atoms with Crippen LogP contribution in [0, 0.1) is 0 Å². The number of ether oxygens (including phenoxy) is 1. The highest BCUT2D eigenvalue weighted by Gasteiger charge is 2.49. The molecule has 1 saturated heterocycles. The fraction of sp³-hybridized carbons (Fsp3) is 0.333. The number of benzene rings is 1. The van der Waals surface area contributed by atoms with Crippen molar-refractivity contribution in [2.24, 2.45) is 0 Å². The van der Waals surface area contributed by atoms with Crippen molar-refractivity contribution in [2.45, 2.75) is 24.5 Å². The highest BCUT2D eigenvalue weighted by molar-refractivity contribution is 7.47. The maximum absolute atomic E-state index is 12.5. The van der Waals surface area contributed by atoms with Crippen LogP contribution in [0.15, 0.2) is 34.0 Å². The van der Waals surface area contributed by atoms with Gasteiger partial charge in [0.2, 0.25) is 0 Å². The minimum absolute atomic E-state index is 0.00829. The van der Waals surface area contributed by atoms with Crippen molar-refractivity contribution in [1.29, 1.82) is 0 Å². The van der Waals surface area contributed by atoms with Gasteiger partial charge < -0.3 is 19.5 Å². The Bertz CT molecular complexity index is 1110. The van der Waals surface area contributed by atoms with Gasteiger partial charge in [0.1, 0.15) is 18.3 Å². The fourth-order valence-corrected chi connectivity index (χ4v) is 4.37. The average molecular weight is 504 g/mol. The van der Waals surface area contributed by atoms with E-state index in [2.05, 4.69) is 0 Å². The molecule has 1 aromatic carbocycles. The predicted molar refractivity (Wildman–Crippen MR) is 105 cm³/mol. The van der Waals surface area contributed by atoms with Crippen LogP contribution in [-0.4, -0.2) is 49.6 Å². The van der Waals surface area contributed by atoms with Crippen LogP contribution in [0.1, 0.15) is 6.23 Å². The Balaban J connectivity index is 1.83. The molecule has 0 amide bonds. The highest BCUT2D eigenvalue weighted by Crippen LogP contribution is 2.50. The molecule has 11 nitrogen and oxygen atoms in total. The summed E-state index contributed by atoms with van der Waals surface area (Å²) in [6.45, 7) is -0.732. The fourth-order valence-electron chi connectivity index (χ4n) is 2.73. The zero-order valence-electron chi connectivity index (χ0n) is 14.6. The number of phosphoric ester groups is 1. The summed E-state index contributed by atoms with van der Waals surface area (Å²) in [4.78, 5) is 35.2. The van der Waals surface area contributed by atoms with Crippen LogP contribution >= 0.6 is 42.6 Å². The lowest BCUT2D eigenvalue weighted by Crippen LogP contribution is -2.38. The number of nitrogens with one attached hydrogen (secondary N) is 1. The molecule has 164 valence electrons. The van der Waals surface area contributed by atoms with Crippen molar-refractivity contribution >= 4 is 42.6 Å². The molecular weight excluding hydrogens is 490 g/mol. The number of halogens is 3. The summed E-state index contributed by atoms with van der Waals surface area (Å²) >= 11 is 17.5. The second kappa shape index (κ2) is 8.99. The largest absolute Gasteiger partial charge is 0.527 e. The third-order valence-electron chi connectivity index (χ3n) is 4.06. The highest BCUT2D eigenvalue weighted by atomic mass is 35.5.